The number of hydrogen-bond acceptors (Lipinski definition) is 3. The first kappa shape index (κ1) is 18.9. The van der Waals surface area contributed by atoms with Gasteiger partial charge >= 0.3 is 0 Å². The third kappa shape index (κ3) is 7.12. The normalized spacial score (nSPS) is 24.0. The fourth-order valence-electron chi connectivity index (χ4n) is 3.54. The van der Waals surface area contributed by atoms with Crippen LogP contribution in [-0.4, -0.2) is 47.8 Å². The summed E-state index contributed by atoms with van der Waals surface area (Å²) < 4.78 is 0. The van der Waals surface area contributed by atoms with Crippen LogP contribution in [0.5, 0.6) is 0 Å². The molecule has 21 heavy (non-hydrogen) atoms. The molecule has 0 radical (unpaired) electrons. The van der Waals surface area contributed by atoms with E-state index in [0.29, 0.717) is 18.1 Å². The van der Waals surface area contributed by atoms with Crippen LogP contribution in [-0.2, 0) is 0 Å². The second kappa shape index (κ2) is 8.50. The van der Waals surface area contributed by atoms with Gasteiger partial charge in [-0.15, -0.1) is 0 Å². The molecular formula is C18H38N2O. The Balaban J connectivity index is 2.65. The summed E-state index contributed by atoms with van der Waals surface area (Å²) in [6, 6.07) is 0.592. The average molecular weight is 299 g/mol. The zero-order chi connectivity index (χ0) is 15.9. The number of hydrogen-bond donors (Lipinski definition) is 2. The largest absolute Gasteiger partial charge is 0.396 e. The van der Waals surface area contributed by atoms with Crippen LogP contribution in [0.3, 0.4) is 0 Å². The summed E-state index contributed by atoms with van der Waals surface area (Å²) in [6.45, 7) is 15.2. The zero-order valence-corrected chi connectivity index (χ0v) is 15.0. The van der Waals surface area contributed by atoms with Gasteiger partial charge in [-0.05, 0) is 58.4 Å². The lowest BCUT2D eigenvalue weighted by molar-refractivity contribution is 0.0647. The van der Waals surface area contributed by atoms with Crippen LogP contribution in [0, 0.1) is 5.41 Å². The fourth-order valence-corrected chi connectivity index (χ4v) is 3.54. The van der Waals surface area contributed by atoms with Crippen molar-refractivity contribution in [1.82, 2.24) is 10.2 Å². The van der Waals surface area contributed by atoms with Crippen molar-refractivity contribution in [2.24, 2.45) is 5.41 Å². The van der Waals surface area contributed by atoms with Gasteiger partial charge in [0.25, 0.3) is 0 Å². The highest BCUT2D eigenvalue weighted by Crippen LogP contribution is 2.29. The molecule has 2 N–H and O–H groups in total. The summed E-state index contributed by atoms with van der Waals surface area (Å²) in [5.41, 5.74) is 0.508. The summed E-state index contributed by atoms with van der Waals surface area (Å²) >= 11 is 0. The van der Waals surface area contributed by atoms with Gasteiger partial charge < -0.3 is 10.4 Å². The highest BCUT2D eigenvalue weighted by atomic mass is 16.3. The molecule has 0 aromatic heterocycles. The molecule has 2 unspecified atom stereocenters. The molecule has 0 amide bonds. The quantitative estimate of drug-likeness (QED) is 0.721. The average Bonchev–Trinajstić information content (AvgIpc) is 2.39. The van der Waals surface area contributed by atoms with Gasteiger partial charge in [-0.3, -0.25) is 4.90 Å². The molecule has 2 atom stereocenters. The van der Waals surface area contributed by atoms with E-state index in [9.17, 15) is 5.11 Å². The van der Waals surface area contributed by atoms with Crippen LogP contribution in [0.4, 0.5) is 0 Å². The third-order valence-corrected chi connectivity index (χ3v) is 4.70. The molecule has 0 spiro atoms. The van der Waals surface area contributed by atoms with Crippen LogP contribution in [0.15, 0.2) is 0 Å². The molecule has 0 saturated carbocycles. The Labute approximate surface area is 132 Å². The van der Waals surface area contributed by atoms with Crippen LogP contribution < -0.4 is 5.32 Å². The summed E-state index contributed by atoms with van der Waals surface area (Å²) in [4.78, 5) is 2.65. The Morgan fingerprint density at radius 1 is 1.19 bits per heavy atom. The highest BCUT2D eigenvalue weighted by Gasteiger charge is 2.31. The Morgan fingerprint density at radius 3 is 2.48 bits per heavy atom. The van der Waals surface area contributed by atoms with Crippen LogP contribution >= 0.6 is 0 Å². The lowest BCUT2D eigenvalue weighted by Gasteiger charge is -2.43. The van der Waals surface area contributed by atoms with Gasteiger partial charge in [-0.25, -0.2) is 0 Å². The number of piperidine rings is 1. The van der Waals surface area contributed by atoms with Crippen molar-refractivity contribution in [1.29, 1.82) is 0 Å². The lowest BCUT2D eigenvalue weighted by Crippen LogP contribution is -2.51. The van der Waals surface area contributed by atoms with Gasteiger partial charge in [-0.1, -0.05) is 26.7 Å². The number of nitrogens with zero attached hydrogens (tertiary/aromatic N) is 1. The summed E-state index contributed by atoms with van der Waals surface area (Å²) in [5.74, 6) is 0. The lowest BCUT2D eigenvalue weighted by atomic mass is 9.82. The van der Waals surface area contributed by atoms with Gasteiger partial charge in [0, 0.05) is 31.3 Å². The van der Waals surface area contributed by atoms with Crippen LogP contribution in [0.2, 0.25) is 0 Å². The topological polar surface area (TPSA) is 35.5 Å². The van der Waals surface area contributed by atoms with E-state index >= 15 is 0 Å². The minimum Gasteiger partial charge on any atom is -0.396 e. The number of likely N-dealkylation sites (tertiary alicyclic amines) is 1. The van der Waals surface area contributed by atoms with Crippen molar-refractivity contribution in [3.63, 3.8) is 0 Å². The minimum absolute atomic E-state index is 0.182. The molecule has 1 rings (SSSR count). The summed E-state index contributed by atoms with van der Waals surface area (Å²) in [5, 5.41) is 13.0. The van der Waals surface area contributed by atoms with Gasteiger partial charge in [0.05, 0.1) is 0 Å². The second-order valence-electron chi connectivity index (χ2n) is 8.30. The molecule has 126 valence electrons. The zero-order valence-electron chi connectivity index (χ0n) is 15.0. The molecule has 1 heterocycles. The molecule has 1 saturated heterocycles. The van der Waals surface area contributed by atoms with E-state index < -0.39 is 0 Å². The monoisotopic (exact) mass is 298 g/mol. The first-order valence-corrected chi connectivity index (χ1v) is 8.89. The molecule has 3 nitrogen and oxygen atoms in total. The highest BCUT2D eigenvalue weighted by molar-refractivity contribution is 4.87. The number of nitrogens with one attached hydrogen (secondary N) is 1. The van der Waals surface area contributed by atoms with Crippen molar-refractivity contribution in [2.75, 3.05) is 26.2 Å². The molecule has 1 aliphatic heterocycles. The maximum absolute atomic E-state index is 9.31. The summed E-state index contributed by atoms with van der Waals surface area (Å²) in [6.07, 6.45) is 7.34. The Hall–Kier alpha value is -0.120. The van der Waals surface area contributed by atoms with E-state index in [-0.39, 0.29) is 5.54 Å². The Bertz CT molecular complexity index is 285. The van der Waals surface area contributed by atoms with Crippen molar-refractivity contribution >= 4 is 0 Å². The van der Waals surface area contributed by atoms with E-state index in [1.165, 1.54) is 38.6 Å². The van der Waals surface area contributed by atoms with Crippen molar-refractivity contribution in [2.45, 2.75) is 84.7 Å². The summed E-state index contributed by atoms with van der Waals surface area (Å²) in [7, 11) is 0. The third-order valence-electron chi connectivity index (χ3n) is 4.70. The molecule has 3 heteroatoms. The Kier molecular flexibility index (Phi) is 7.66. The van der Waals surface area contributed by atoms with E-state index in [1.807, 2.05) is 0 Å². The molecular weight excluding hydrogens is 260 g/mol. The molecule has 0 bridgehead atoms. The first-order chi connectivity index (χ1) is 9.79. The van der Waals surface area contributed by atoms with E-state index in [4.69, 9.17) is 0 Å². The van der Waals surface area contributed by atoms with Crippen molar-refractivity contribution in [3.05, 3.63) is 0 Å². The maximum Gasteiger partial charge on any atom is 0.0445 e. The van der Waals surface area contributed by atoms with Crippen LogP contribution in [0.25, 0.3) is 0 Å². The molecule has 1 fully saturated rings. The Morgan fingerprint density at radius 2 is 1.90 bits per heavy atom. The second-order valence-corrected chi connectivity index (χ2v) is 8.30. The van der Waals surface area contributed by atoms with E-state index in [2.05, 4.69) is 44.8 Å². The van der Waals surface area contributed by atoms with Crippen molar-refractivity contribution in [3.8, 4) is 0 Å². The SMILES string of the molecule is CCCC(C)(CNC(C)(C)C)CN1CCCCC1CCO. The van der Waals surface area contributed by atoms with Gasteiger partial charge in [0.2, 0.25) is 0 Å². The molecule has 1 aliphatic rings. The number of aliphatic hydroxyl groups is 1. The molecule has 0 aromatic rings. The van der Waals surface area contributed by atoms with Gasteiger partial charge in [-0.2, -0.15) is 0 Å². The maximum atomic E-state index is 9.31. The standard InChI is InChI=1S/C18H38N2O/c1-6-11-18(5,14-19-17(2,3)4)15-20-12-8-7-9-16(20)10-13-21/h16,19,21H,6-15H2,1-5H3. The van der Waals surface area contributed by atoms with Gasteiger partial charge in [0.1, 0.15) is 0 Å². The molecule has 0 aromatic carbocycles. The smallest absolute Gasteiger partial charge is 0.0445 e. The number of rotatable bonds is 8. The predicted molar refractivity (Wildman–Crippen MR) is 91.7 cm³/mol. The van der Waals surface area contributed by atoms with Gasteiger partial charge in [0.15, 0.2) is 0 Å². The minimum atomic E-state index is 0.182. The van der Waals surface area contributed by atoms with Crippen molar-refractivity contribution < 1.29 is 5.11 Å². The first-order valence-electron chi connectivity index (χ1n) is 8.89. The molecule has 0 aliphatic carbocycles. The van der Waals surface area contributed by atoms with Crippen LogP contribution in [0.1, 0.15) is 73.1 Å². The fraction of sp³-hybridized carbons (Fsp3) is 1.00. The predicted octanol–water partition coefficient (Wildman–Crippen LogP) is 3.42. The van der Waals surface area contributed by atoms with E-state index in [0.717, 1.165) is 19.5 Å². The van der Waals surface area contributed by atoms with E-state index in [1.54, 1.807) is 0 Å². The number of aliphatic hydroxyl groups excluding tert-OH is 1.